The number of halogens is 15. The van der Waals surface area contributed by atoms with Gasteiger partial charge >= 0.3 is 41.5 Å². The second-order valence-corrected chi connectivity index (χ2v) is 5.57. The van der Waals surface area contributed by atoms with E-state index < -0.39 is 53.7 Å². The lowest BCUT2D eigenvalue weighted by atomic mass is 9.87. The van der Waals surface area contributed by atoms with Gasteiger partial charge in [0, 0.05) is 5.56 Å². The Balaban J connectivity index is 3.63. The van der Waals surface area contributed by atoms with Crippen LogP contribution in [-0.4, -0.2) is 42.2 Å². The molecule has 0 amide bonds. The number of hydrogen-bond donors (Lipinski definition) is 0. The van der Waals surface area contributed by atoms with Crippen molar-refractivity contribution in [2.24, 2.45) is 0 Å². The summed E-state index contributed by atoms with van der Waals surface area (Å²) in [6.45, 7) is -3.79. The summed E-state index contributed by atoms with van der Waals surface area (Å²) in [4.78, 5) is 0. The van der Waals surface area contributed by atoms with Crippen molar-refractivity contribution in [3.63, 3.8) is 0 Å². The second-order valence-electron chi connectivity index (χ2n) is 5.57. The van der Waals surface area contributed by atoms with Gasteiger partial charge in [-0.1, -0.05) is 24.3 Å². The Morgan fingerprint density at radius 1 is 0.552 bits per heavy atom. The van der Waals surface area contributed by atoms with E-state index in [4.69, 9.17) is 0 Å². The van der Waals surface area contributed by atoms with Crippen molar-refractivity contribution < 1.29 is 65.9 Å². The molecule has 0 atom stereocenters. The van der Waals surface area contributed by atoms with Crippen LogP contribution < -0.4 is 0 Å². The average molecular weight is 459 g/mol. The third kappa shape index (κ3) is 3.20. The maximum atomic E-state index is 13.7. The van der Waals surface area contributed by atoms with Crippen molar-refractivity contribution in [2.75, 3.05) is 6.67 Å². The number of hydrogen-bond acceptors (Lipinski definition) is 0. The van der Waals surface area contributed by atoms with Gasteiger partial charge in [-0.3, -0.25) is 0 Å². The molecular formula is C14H6F15. The second kappa shape index (κ2) is 6.86. The Morgan fingerprint density at radius 3 is 1.28 bits per heavy atom. The fourth-order valence-electron chi connectivity index (χ4n) is 1.88. The van der Waals surface area contributed by atoms with Crippen LogP contribution in [0.3, 0.4) is 0 Å². The number of benzene rings is 1. The van der Waals surface area contributed by atoms with E-state index in [1.807, 2.05) is 6.07 Å². The molecule has 0 bridgehead atoms. The van der Waals surface area contributed by atoms with E-state index in [9.17, 15) is 65.9 Å². The summed E-state index contributed by atoms with van der Waals surface area (Å²) in [6.07, 6.45) is 0. The van der Waals surface area contributed by atoms with Gasteiger partial charge in [0.15, 0.2) is 6.67 Å². The van der Waals surface area contributed by atoms with Gasteiger partial charge in [-0.2, -0.15) is 61.5 Å². The first-order chi connectivity index (χ1) is 12.7. The molecule has 0 aromatic heterocycles. The molecule has 0 aliphatic rings. The van der Waals surface area contributed by atoms with Gasteiger partial charge in [0.25, 0.3) is 0 Å². The molecule has 0 spiro atoms. The normalized spacial score (nSPS) is 15.6. The maximum Gasteiger partial charge on any atom is 0.385 e. The van der Waals surface area contributed by atoms with Gasteiger partial charge in [0.1, 0.15) is 0 Å². The molecule has 0 fully saturated rings. The minimum atomic E-state index is -8.20. The van der Waals surface area contributed by atoms with Crippen LogP contribution in [0.5, 0.6) is 0 Å². The Kier molecular flexibility index (Phi) is 5.96. The highest BCUT2D eigenvalue weighted by molar-refractivity contribution is 5.25. The zero-order valence-electron chi connectivity index (χ0n) is 13.2. The summed E-state index contributed by atoms with van der Waals surface area (Å²) in [7, 11) is 0. The molecule has 29 heavy (non-hydrogen) atoms. The Morgan fingerprint density at radius 2 is 0.897 bits per heavy atom. The van der Waals surface area contributed by atoms with Gasteiger partial charge in [0.2, 0.25) is 0 Å². The molecule has 0 aliphatic carbocycles. The largest absolute Gasteiger partial charge is 0.385 e. The van der Waals surface area contributed by atoms with E-state index >= 15 is 0 Å². The predicted octanol–water partition coefficient (Wildman–Crippen LogP) is 6.36. The minimum Gasteiger partial charge on any atom is -0.244 e. The lowest BCUT2D eigenvalue weighted by molar-refractivity contribution is -0.443. The molecule has 0 N–H and O–H groups in total. The van der Waals surface area contributed by atoms with Gasteiger partial charge in [-0.15, -0.1) is 0 Å². The molecule has 1 aromatic carbocycles. The van der Waals surface area contributed by atoms with Crippen molar-refractivity contribution >= 4 is 0 Å². The zero-order chi connectivity index (χ0) is 23.3. The SMILES string of the molecule is FCC(F)(F)C(F)(F)C(F)(F)C(F)(F)C(F)(F)C(F)(F)C(F)(F)c1cc[c]cc1. The van der Waals surface area contributed by atoms with E-state index in [1.54, 1.807) is 0 Å². The summed E-state index contributed by atoms with van der Waals surface area (Å²) < 4.78 is 198. The summed E-state index contributed by atoms with van der Waals surface area (Å²) in [6, 6.07) is 2.62. The highest BCUT2D eigenvalue weighted by Gasteiger charge is 2.92. The van der Waals surface area contributed by atoms with E-state index in [2.05, 4.69) is 0 Å². The number of rotatable bonds is 8. The first-order valence-corrected chi connectivity index (χ1v) is 6.84. The monoisotopic (exact) mass is 459 g/mol. The number of alkyl halides is 15. The molecule has 167 valence electrons. The van der Waals surface area contributed by atoms with Gasteiger partial charge in [0.05, 0.1) is 0 Å². The maximum absolute atomic E-state index is 13.7. The molecular weight excluding hydrogens is 453 g/mol. The smallest absolute Gasteiger partial charge is 0.244 e. The summed E-state index contributed by atoms with van der Waals surface area (Å²) in [5.41, 5.74) is -2.14. The van der Waals surface area contributed by atoms with Crippen LogP contribution in [0.4, 0.5) is 65.9 Å². The van der Waals surface area contributed by atoms with E-state index in [1.165, 1.54) is 0 Å². The quantitative estimate of drug-likeness (QED) is 0.397. The van der Waals surface area contributed by atoms with Gasteiger partial charge in [-0.05, 0) is 6.07 Å². The van der Waals surface area contributed by atoms with Crippen molar-refractivity contribution in [1.29, 1.82) is 0 Å². The van der Waals surface area contributed by atoms with E-state index in [0.717, 1.165) is 0 Å². The fourth-order valence-corrected chi connectivity index (χ4v) is 1.88. The van der Waals surface area contributed by atoms with Crippen LogP contribution in [0.2, 0.25) is 0 Å². The lowest BCUT2D eigenvalue weighted by Gasteiger charge is -2.42. The molecule has 1 rings (SSSR count). The van der Waals surface area contributed by atoms with Crippen molar-refractivity contribution in [2.45, 2.75) is 41.5 Å². The Labute approximate surface area is 151 Å². The van der Waals surface area contributed by atoms with Crippen LogP contribution in [0.1, 0.15) is 5.56 Å². The molecule has 15 heteroatoms. The van der Waals surface area contributed by atoms with Crippen LogP contribution in [0, 0.1) is 6.07 Å². The summed E-state index contributed by atoms with van der Waals surface area (Å²) >= 11 is 0. The molecule has 0 heterocycles. The van der Waals surface area contributed by atoms with Gasteiger partial charge < -0.3 is 0 Å². The van der Waals surface area contributed by atoms with E-state index in [0.29, 0.717) is 12.1 Å². The highest BCUT2D eigenvalue weighted by atomic mass is 19.4. The van der Waals surface area contributed by atoms with Crippen molar-refractivity contribution in [1.82, 2.24) is 0 Å². The molecule has 0 saturated heterocycles. The molecule has 1 aromatic rings. The van der Waals surface area contributed by atoms with Crippen LogP contribution in [0.15, 0.2) is 24.3 Å². The van der Waals surface area contributed by atoms with Crippen LogP contribution >= 0.6 is 0 Å². The van der Waals surface area contributed by atoms with Crippen molar-refractivity contribution in [3.05, 3.63) is 35.9 Å². The molecule has 0 aliphatic heterocycles. The molecule has 1 radical (unpaired) electrons. The van der Waals surface area contributed by atoms with Gasteiger partial charge in [-0.25, -0.2) is 4.39 Å². The third-order valence-corrected chi connectivity index (χ3v) is 3.68. The van der Waals surface area contributed by atoms with Crippen LogP contribution in [-0.2, 0) is 5.92 Å². The molecule has 0 nitrogen and oxygen atoms in total. The van der Waals surface area contributed by atoms with Crippen molar-refractivity contribution in [3.8, 4) is 0 Å². The zero-order valence-corrected chi connectivity index (χ0v) is 13.2. The summed E-state index contributed by atoms with van der Waals surface area (Å²) in [5.74, 6) is -52.6. The lowest BCUT2D eigenvalue weighted by Crippen LogP contribution is -2.72. The topological polar surface area (TPSA) is 0 Å². The third-order valence-electron chi connectivity index (χ3n) is 3.68. The fraction of sp³-hybridized carbons (Fsp3) is 0.571. The molecule has 0 unspecified atom stereocenters. The predicted molar refractivity (Wildman–Crippen MR) is 64.8 cm³/mol. The Bertz CT molecular complexity index is 707. The summed E-state index contributed by atoms with van der Waals surface area (Å²) in [5, 5.41) is 0. The van der Waals surface area contributed by atoms with E-state index in [-0.39, 0.29) is 12.1 Å². The first-order valence-electron chi connectivity index (χ1n) is 6.84. The average Bonchev–Trinajstić information content (AvgIpc) is 2.61. The minimum absolute atomic E-state index is 0.0634. The molecule has 0 saturated carbocycles. The Hall–Kier alpha value is -1.83. The standard InChI is InChI=1S/C14H6F15/c15-6-8(16,17)10(20,21)12(24,25)14(28,29)13(26,27)11(22,23)9(18,19)7-4-2-1-3-5-7/h2-5H,6H2. The first kappa shape index (κ1) is 25.2. The highest BCUT2D eigenvalue weighted by Crippen LogP contribution is 2.63. The van der Waals surface area contributed by atoms with Crippen LogP contribution in [0.25, 0.3) is 0 Å².